The van der Waals surface area contributed by atoms with Crippen molar-refractivity contribution in [3.05, 3.63) is 17.5 Å². The summed E-state index contributed by atoms with van der Waals surface area (Å²) in [5, 5.41) is 8.26. The monoisotopic (exact) mass is 249 g/mol. The molecule has 0 amide bonds. The maximum Gasteiger partial charge on any atom is 0.0540 e. The topological polar surface area (TPSA) is 29.9 Å². The molecule has 0 aliphatic heterocycles. The third-order valence-corrected chi connectivity index (χ3v) is 3.82. The molecule has 1 atom stereocenters. The van der Waals surface area contributed by atoms with Crippen LogP contribution >= 0.6 is 0 Å². The summed E-state index contributed by atoms with van der Waals surface area (Å²) in [5.41, 5.74) is 2.94. The van der Waals surface area contributed by atoms with Crippen LogP contribution in [0.3, 0.4) is 0 Å². The van der Waals surface area contributed by atoms with Crippen LogP contribution in [0.25, 0.3) is 0 Å². The molecule has 102 valence electrons. The Balaban J connectivity index is 2.06. The van der Waals surface area contributed by atoms with Crippen molar-refractivity contribution in [2.45, 2.75) is 65.5 Å². The fraction of sp³-hybridized carbons (Fsp3) is 0.800. The molecule has 0 saturated heterocycles. The number of hydrogen-bond acceptors (Lipinski definition) is 2. The van der Waals surface area contributed by atoms with Crippen molar-refractivity contribution < 1.29 is 0 Å². The predicted molar refractivity (Wildman–Crippen MR) is 75.7 cm³/mol. The van der Waals surface area contributed by atoms with Crippen LogP contribution < -0.4 is 5.32 Å². The highest BCUT2D eigenvalue weighted by Gasteiger charge is 2.23. The lowest BCUT2D eigenvalue weighted by atomic mass is 9.93. The Morgan fingerprint density at radius 2 is 2.33 bits per heavy atom. The summed E-state index contributed by atoms with van der Waals surface area (Å²) in [6.07, 6.45) is 8.29. The minimum absolute atomic E-state index is 0.543. The molecule has 2 rings (SSSR count). The van der Waals surface area contributed by atoms with Gasteiger partial charge in [0.25, 0.3) is 0 Å². The molecule has 0 fully saturated rings. The van der Waals surface area contributed by atoms with E-state index in [-0.39, 0.29) is 0 Å². The molecule has 18 heavy (non-hydrogen) atoms. The summed E-state index contributed by atoms with van der Waals surface area (Å²) < 4.78 is 2.25. The van der Waals surface area contributed by atoms with E-state index < -0.39 is 0 Å². The molecule has 0 radical (unpaired) electrons. The third kappa shape index (κ3) is 3.14. The van der Waals surface area contributed by atoms with Crippen LogP contribution in [0.2, 0.25) is 0 Å². The maximum atomic E-state index is 4.60. The smallest absolute Gasteiger partial charge is 0.0540 e. The van der Waals surface area contributed by atoms with E-state index in [9.17, 15) is 0 Å². The van der Waals surface area contributed by atoms with Gasteiger partial charge in [0.1, 0.15) is 0 Å². The number of rotatable bonds is 6. The van der Waals surface area contributed by atoms with E-state index in [2.05, 4.69) is 42.1 Å². The first-order valence-electron chi connectivity index (χ1n) is 7.50. The summed E-state index contributed by atoms with van der Waals surface area (Å²) in [6, 6.07) is 0.543. The van der Waals surface area contributed by atoms with E-state index in [0.717, 1.165) is 19.0 Å². The van der Waals surface area contributed by atoms with Gasteiger partial charge in [-0.1, -0.05) is 20.8 Å². The molecule has 3 nitrogen and oxygen atoms in total. The Bertz CT molecular complexity index is 368. The van der Waals surface area contributed by atoms with Gasteiger partial charge in [0, 0.05) is 23.8 Å². The number of nitrogens with one attached hydrogen (secondary N) is 1. The first-order chi connectivity index (χ1) is 8.72. The lowest BCUT2D eigenvalue weighted by molar-refractivity contribution is 0.433. The normalized spacial score (nSPS) is 19.2. The Morgan fingerprint density at radius 1 is 1.50 bits per heavy atom. The Morgan fingerprint density at radius 3 is 3.06 bits per heavy atom. The first-order valence-corrected chi connectivity index (χ1v) is 7.50. The van der Waals surface area contributed by atoms with Crippen molar-refractivity contribution in [2.24, 2.45) is 5.92 Å². The molecule has 0 spiro atoms. The molecule has 0 aromatic carbocycles. The summed E-state index contributed by atoms with van der Waals surface area (Å²) in [4.78, 5) is 0. The van der Waals surface area contributed by atoms with Crippen LogP contribution in [0.1, 0.15) is 63.8 Å². The quantitative estimate of drug-likeness (QED) is 0.838. The zero-order chi connectivity index (χ0) is 13.0. The average molecular weight is 249 g/mol. The molecule has 3 heteroatoms. The largest absolute Gasteiger partial charge is 0.310 e. The van der Waals surface area contributed by atoms with Crippen LogP contribution in [-0.4, -0.2) is 16.3 Å². The van der Waals surface area contributed by atoms with Gasteiger partial charge in [0.15, 0.2) is 0 Å². The Kier molecular flexibility index (Phi) is 4.81. The molecule has 1 aromatic rings. The van der Waals surface area contributed by atoms with Gasteiger partial charge in [-0.25, -0.2) is 0 Å². The van der Waals surface area contributed by atoms with Gasteiger partial charge in [-0.15, -0.1) is 0 Å². The van der Waals surface area contributed by atoms with Crippen molar-refractivity contribution in [1.82, 2.24) is 15.1 Å². The second kappa shape index (κ2) is 6.37. The zero-order valence-electron chi connectivity index (χ0n) is 12.1. The third-order valence-electron chi connectivity index (χ3n) is 3.82. The molecule has 1 unspecified atom stereocenters. The van der Waals surface area contributed by atoms with E-state index in [4.69, 9.17) is 0 Å². The lowest BCUT2D eigenvalue weighted by Crippen LogP contribution is -2.26. The minimum atomic E-state index is 0.543. The summed E-state index contributed by atoms with van der Waals surface area (Å²) in [6.45, 7) is 8.97. The first kappa shape index (κ1) is 13.6. The van der Waals surface area contributed by atoms with Crippen LogP contribution in [-0.2, 0) is 13.0 Å². The predicted octanol–water partition coefficient (Wildman–Crippen LogP) is 3.31. The van der Waals surface area contributed by atoms with Gasteiger partial charge in [0.2, 0.25) is 0 Å². The van der Waals surface area contributed by atoms with Crippen molar-refractivity contribution >= 4 is 0 Å². The van der Waals surface area contributed by atoms with Crippen molar-refractivity contribution in [2.75, 3.05) is 6.54 Å². The molecular weight excluding hydrogens is 222 g/mol. The molecule has 1 N–H and O–H groups in total. The minimum Gasteiger partial charge on any atom is -0.310 e. The van der Waals surface area contributed by atoms with Crippen LogP contribution in [0.5, 0.6) is 0 Å². The fourth-order valence-electron chi connectivity index (χ4n) is 2.72. The SMILES string of the molecule is CCCNC1CCCc2c1cnn2CCC(C)C. The van der Waals surface area contributed by atoms with Gasteiger partial charge in [-0.2, -0.15) is 5.10 Å². The number of hydrogen-bond donors (Lipinski definition) is 1. The molecule has 1 aliphatic carbocycles. The number of nitrogens with zero attached hydrogens (tertiary/aromatic N) is 2. The number of aryl methyl sites for hydroxylation is 1. The van der Waals surface area contributed by atoms with Crippen LogP contribution in [0, 0.1) is 5.92 Å². The van der Waals surface area contributed by atoms with Crippen molar-refractivity contribution in [1.29, 1.82) is 0 Å². The second-order valence-electron chi connectivity index (χ2n) is 5.85. The highest BCUT2D eigenvalue weighted by atomic mass is 15.3. The lowest BCUT2D eigenvalue weighted by Gasteiger charge is -2.24. The van der Waals surface area contributed by atoms with Gasteiger partial charge in [0.05, 0.1) is 6.20 Å². The van der Waals surface area contributed by atoms with E-state index in [0.29, 0.717) is 6.04 Å². The molecule has 1 aliphatic rings. The van der Waals surface area contributed by atoms with Crippen molar-refractivity contribution in [3.63, 3.8) is 0 Å². The molecule has 1 aromatic heterocycles. The summed E-state index contributed by atoms with van der Waals surface area (Å²) in [7, 11) is 0. The fourth-order valence-corrected chi connectivity index (χ4v) is 2.72. The Labute approximate surface area is 111 Å². The second-order valence-corrected chi connectivity index (χ2v) is 5.85. The van der Waals surface area contributed by atoms with Crippen molar-refractivity contribution in [3.8, 4) is 0 Å². The molecule has 0 bridgehead atoms. The standard InChI is InChI=1S/C15H27N3/c1-4-9-16-14-6-5-7-15-13(14)11-17-18(15)10-8-12(2)3/h11-12,14,16H,4-10H2,1-3H3. The van der Waals surface area contributed by atoms with Crippen LogP contribution in [0.4, 0.5) is 0 Å². The summed E-state index contributed by atoms with van der Waals surface area (Å²) in [5.74, 6) is 0.752. The van der Waals surface area contributed by atoms with Gasteiger partial charge >= 0.3 is 0 Å². The van der Waals surface area contributed by atoms with Crippen LogP contribution in [0.15, 0.2) is 6.20 Å². The van der Waals surface area contributed by atoms with E-state index in [1.165, 1.54) is 43.4 Å². The average Bonchev–Trinajstić information content (AvgIpc) is 2.77. The van der Waals surface area contributed by atoms with E-state index in [1.54, 1.807) is 0 Å². The number of aromatic nitrogens is 2. The molecule has 0 saturated carbocycles. The maximum absolute atomic E-state index is 4.60. The molecule has 1 heterocycles. The highest BCUT2D eigenvalue weighted by Crippen LogP contribution is 2.29. The number of fused-ring (bicyclic) bond motifs is 1. The summed E-state index contributed by atoms with van der Waals surface area (Å²) >= 11 is 0. The van der Waals surface area contributed by atoms with Gasteiger partial charge in [-0.05, 0) is 44.6 Å². The Hall–Kier alpha value is -0.830. The molecular formula is C15H27N3. The van der Waals surface area contributed by atoms with E-state index in [1.807, 2.05) is 0 Å². The van der Waals surface area contributed by atoms with Gasteiger partial charge in [-0.3, -0.25) is 4.68 Å². The zero-order valence-corrected chi connectivity index (χ0v) is 12.1. The highest BCUT2D eigenvalue weighted by molar-refractivity contribution is 5.24. The van der Waals surface area contributed by atoms with E-state index >= 15 is 0 Å². The van der Waals surface area contributed by atoms with Gasteiger partial charge < -0.3 is 5.32 Å².